The SMILES string of the molecule is CCOC(=O)Cn1c(=NC(=O)CCOc2ccccc2)sc2cc(Cl)cc(Cl)c21. The van der Waals surface area contributed by atoms with E-state index in [1.807, 2.05) is 30.3 Å². The number of thiazole rings is 1. The molecule has 0 aliphatic heterocycles. The standard InChI is InChI=1S/C20H18Cl2N2O4S/c1-2-27-18(26)12-24-19-15(22)10-13(21)11-16(19)29-20(24)23-17(25)8-9-28-14-6-4-3-5-7-14/h3-7,10-11H,2,8-9,12H2,1H3. The number of hydrogen-bond acceptors (Lipinski definition) is 5. The fourth-order valence-electron chi connectivity index (χ4n) is 2.63. The van der Waals surface area contributed by atoms with Gasteiger partial charge in [-0.15, -0.1) is 0 Å². The van der Waals surface area contributed by atoms with Gasteiger partial charge in [0.2, 0.25) is 0 Å². The zero-order valence-corrected chi connectivity index (χ0v) is 17.9. The largest absolute Gasteiger partial charge is 0.493 e. The number of carbonyl (C=O) groups excluding carboxylic acids is 2. The van der Waals surface area contributed by atoms with Gasteiger partial charge in [0, 0.05) is 5.02 Å². The molecular weight excluding hydrogens is 435 g/mol. The minimum atomic E-state index is -0.445. The lowest BCUT2D eigenvalue weighted by Gasteiger charge is -2.06. The summed E-state index contributed by atoms with van der Waals surface area (Å²) in [6, 6.07) is 12.5. The molecule has 6 nitrogen and oxygen atoms in total. The number of hydrogen-bond donors (Lipinski definition) is 0. The molecule has 0 fully saturated rings. The second-order valence-corrected chi connectivity index (χ2v) is 7.78. The molecule has 0 aliphatic carbocycles. The van der Waals surface area contributed by atoms with Crippen molar-refractivity contribution in [3.05, 3.63) is 57.3 Å². The van der Waals surface area contributed by atoms with Crippen molar-refractivity contribution >= 4 is 56.6 Å². The van der Waals surface area contributed by atoms with Gasteiger partial charge in [-0.25, -0.2) is 0 Å². The van der Waals surface area contributed by atoms with Crippen molar-refractivity contribution in [1.29, 1.82) is 0 Å². The van der Waals surface area contributed by atoms with Crippen LogP contribution in [0, 0.1) is 0 Å². The van der Waals surface area contributed by atoms with Crippen LogP contribution < -0.4 is 9.54 Å². The van der Waals surface area contributed by atoms with Crippen LogP contribution in [0.4, 0.5) is 0 Å². The van der Waals surface area contributed by atoms with Gasteiger partial charge in [0.05, 0.1) is 34.9 Å². The van der Waals surface area contributed by atoms with Crippen molar-refractivity contribution in [2.75, 3.05) is 13.2 Å². The zero-order valence-electron chi connectivity index (χ0n) is 15.6. The number of rotatable bonds is 7. The molecular formula is C20H18Cl2N2O4S. The van der Waals surface area contributed by atoms with E-state index in [4.69, 9.17) is 32.7 Å². The summed E-state index contributed by atoms with van der Waals surface area (Å²) in [4.78, 5) is 28.9. The van der Waals surface area contributed by atoms with Crippen LogP contribution in [0.2, 0.25) is 10.0 Å². The van der Waals surface area contributed by atoms with E-state index < -0.39 is 5.97 Å². The fraction of sp³-hybridized carbons (Fsp3) is 0.250. The molecule has 0 radical (unpaired) electrons. The molecule has 0 bridgehead atoms. The van der Waals surface area contributed by atoms with Crippen molar-refractivity contribution in [2.45, 2.75) is 19.9 Å². The number of nitrogens with zero attached hydrogens (tertiary/aromatic N) is 2. The number of fused-ring (bicyclic) bond motifs is 1. The first-order chi connectivity index (χ1) is 14.0. The quantitative estimate of drug-likeness (QED) is 0.495. The van der Waals surface area contributed by atoms with Crippen molar-refractivity contribution < 1.29 is 19.1 Å². The van der Waals surface area contributed by atoms with E-state index >= 15 is 0 Å². The summed E-state index contributed by atoms with van der Waals surface area (Å²) in [5, 5.41) is 0.829. The highest BCUT2D eigenvalue weighted by molar-refractivity contribution is 7.16. The lowest BCUT2D eigenvalue weighted by molar-refractivity contribution is -0.143. The van der Waals surface area contributed by atoms with Gasteiger partial charge in [-0.3, -0.25) is 9.59 Å². The Morgan fingerprint density at radius 2 is 1.93 bits per heavy atom. The van der Waals surface area contributed by atoms with E-state index in [1.54, 1.807) is 23.6 Å². The molecule has 0 saturated carbocycles. The number of aromatic nitrogens is 1. The molecule has 0 N–H and O–H groups in total. The van der Waals surface area contributed by atoms with Crippen molar-refractivity contribution in [1.82, 2.24) is 4.57 Å². The molecule has 152 valence electrons. The summed E-state index contributed by atoms with van der Waals surface area (Å²) in [5.41, 5.74) is 0.584. The Morgan fingerprint density at radius 1 is 1.17 bits per heavy atom. The van der Waals surface area contributed by atoms with Gasteiger partial charge in [-0.1, -0.05) is 52.7 Å². The number of benzene rings is 2. The molecule has 2 aromatic carbocycles. The number of halogens is 2. The maximum Gasteiger partial charge on any atom is 0.326 e. The summed E-state index contributed by atoms with van der Waals surface area (Å²) in [6.07, 6.45) is 0.0943. The van der Waals surface area contributed by atoms with Crippen LogP contribution in [-0.4, -0.2) is 29.7 Å². The molecule has 9 heteroatoms. The van der Waals surface area contributed by atoms with Gasteiger partial charge < -0.3 is 14.0 Å². The average Bonchev–Trinajstić information content (AvgIpc) is 2.99. The van der Waals surface area contributed by atoms with Crippen molar-refractivity contribution in [2.24, 2.45) is 4.99 Å². The van der Waals surface area contributed by atoms with E-state index in [1.165, 1.54) is 11.3 Å². The van der Waals surface area contributed by atoms with Crippen LogP contribution in [0.15, 0.2) is 47.5 Å². The highest BCUT2D eigenvalue weighted by Gasteiger charge is 2.15. The lowest BCUT2D eigenvalue weighted by Crippen LogP contribution is -2.23. The van der Waals surface area contributed by atoms with Crippen LogP contribution in [0.3, 0.4) is 0 Å². The average molecular weight is 453 g/mol. The van der Waals surface area contributed by atoms with Gasteiger partial charge in [0.25, 0.3) is 5.91 Å². The van der Waals surface area contributed by atoms with E-state index in [0.717, 1.165) is 4.70 Å². The maximum absolute atomic E-state index is 12.4. The first-order valence-corrected chi connectivity index (χ1v) is 10.4. The molecule has 0 aliphatic rings. The van der Waals surface area contributed by atoms with E-state index in [-0.39, 0.29) is 32.1 Å². The highest BCUT2D eigenvalue weighted by atomic mass is 35.5. The minimum Gasteiger partial charge on any atom is -0.493 e. The Hall–Kier alpha value is -2.35. The molecule has 1 amide bonds. The first kappa shape index (κ1) is 21.4. The van der Waals surface area contributed by atoms with Gasteiger partial charge in [-0.2, -0.15) is 4.99 Å². The minimum absolute atomic E-state index is 0.0943. The van der Waals surface area contributed by atoms with Gasteiger partial charge in [-0.05, 0) is 31.2 Å². The Kier molecular flexibility index (Phi) is 7.30. The molecule has 1 aromatic heterocycles. The third-order valence-electron chi connectivity index (χ3n) is 3.84. The lowest BCUT2D eigenvalue weighted by atomic mass is 10.3. The number of ether oxygens (including phenoxy) is 2. The number of carbonyl (C=O) groups is 2. The number of para-hydroxylation sites is 1. The van der Waals surface area contributed by atoms with Crippen LogP contribution in [0.5, 0.6) is 5.75 Å². The second-order valence-electron chi connectivity index (χ2n) is 5.93. The fourth-order valence-corrected chi connectivity index (χ4v) is 4.46. The predicted octanol–water partition coefficient (Wildman–Crippen LogP) is 4.47. The Labute approximate surface area is 181 Å². The predicted molar refractivity (Wildman–Crippen MR) is 114 cm³/mol. The monoisotopic (exact) mass is 452 g/mol. The smallest absolute Gasteiger partial charge is 0.326 e. The molecule has 0 atom stereocenters. The zero-order chi connectivity index (χ0) is 20.8. The van der Waals surface area contributed by atoms with Crippen LogP contribution >= 0.6 is 34.5 Å². The highest BCUT2D eigenvalue weighted by Crippen LogP contribution is 2.29. The molecule has 3 rings (SSSR count). The first-order valence-electron chi connectivity index (χ1n) is 8.87. The Balaban J connectivity index is 1.86. The summed E-state index contributed by atoms with van der Waals surface area (Å²) >= 11 is 13.6. The molecule has 1 heterocycles. The number of amides is 1. The van der Waals surface area contributed by atoms with E-state index in [0.29, 0.717) is 26.1 Å². The second kappa shape index (κ2) is 9.91. The van der Waals surface area contributed by atoms with E-state index in [2.05, 4.69) is 4.99 Å². The van der Waals surface area contributed by atoms with Crippen LogP contribution in [-0.2, 0) is 20.9 Å². The molecule has 0 spiro atoms. The van der Waals surface area contributed by atoms with Crippen LogP contribution in [0.1, 0.15) is 13.3 Å². The summed E-state index contributed by atoms with van der Waals surface area (Å²) in [5.74, 6) is -0.132. The molecule has 3 aromatic rings. The Morgan fingerprint density at radius 3 is 2.66 bits per heavy atom. The van der Waals surface area contributed by atoms with Gasteiger partial charge in [0.15, 0.2) is 4.80 Å². The van der Waals surface area contributed by atoms with Gasteiger partial charge >= 0.3 is 5.97 Å². The van der Waals surface area contributed by atoms with Crippen LogP contribution in [0.25, 0.3) is 10.2 Å². The normalized spacial score (nSPS) is 11.6. The van der Waals surface area contributed by atoms with E-state index in [9.17, 15) is 9.59 Å². The topological polar surface area (TPSA) is 69.9 Å². The summed E-state index contributed by atoms with van der Waals surface area (Å²) in [6.45, 7) is 2.06. The summed E-state index contributed by atoms with van der Waals surface area (Å²) < 4.78 is 12.9. The number of esters is 1. The van der Waals surface area contributed by atoms with Crippen molar-refractivity contribution in [3.63, 3.8) is 0 Å². The molecule has 0 saturated heterocycles. The maximum atomic E-state index is 12.4. The van der Waals surface area contributed by atoms with Gasteiger partial charge in [0.1, 0.15) is 12.3 Å². The third kappa shape index (κ3) is 5.59. The molecule has 29 heavy (non-hydrogen) atoms. The third-order valence-corrected chi connectivity index (χ3v) is 5.37. The van der Waals surface area contributed by atoms with Crippen molar-refractivity contribution in [3.8, 4) is 5.75 Å². The Bertz CT molecular complexity index is 1090. The molecule has 0 unspecified atom stereocenters. The summed E-state index contributed by atoms with van der Waals surface area (Å²) in [7, 11) is 0.